The van der Waals surface area contributed by atoms with E-state index in [1.54, 1.807) is 6.92 Å². The Labute approximate surface area is 112 Å². The van der Waals surface area contributed by atoms with Gasteiger partial charge in [0.15, 0.2) is 0 Å². The van der Waals surface area contributed by atoms with E-state index in [0.29, 0.717) is 5.89 Å². The predicted molar refractivity (Wildman–Crippen MR) is 67.9 cm³/mol. The highest BCUT2D eigenvalue weighted by molar-refractivity contribution is 6.04. The number of hydrogen-bond acceptors (Lipinski definition) is 8. The molecule has 0 atom stereocenters. The zero-order valence-corrected chi connectivity index (χ0v) is 10.3. The Balaban J connectivity index is 2.24. The molecular formula is C10H10N6O4. The average molecular weight is 278 g/mol. The summed E-state index contributed by atoms with van der Waals surface area (Å²) in [5, 5.41) is 20.2. The van der Waals surface area contributed by atoms with Crippen LogP contribution >= 0.6 is 0 Å². The highest BCUT2D eigenvalue weighted by Gasteiger charge is 2.17. The van der Waals surface area contributed by atoms with Gasteiger partial charge in [0.05, 0.1) is 4.92 Å². The first-order chi connectivity index (χ1) is 9.51. The normalized spacial score (nSPS) is 10.1. The van der Waals surface area contributed by atoms with Crippen molar-refractivity contribution in [3.63, 3.8) is 0 Å². The number of aryl methyl sites for hydroxylation is 1. The minimum Gasteiger partial charge on any atom is -0.408 e. The molecule has 10 heteroatoms. The van der Waals surface area contributed by atoms with Crippen molar-refractivity contribution >= 4 is 23.3 Å². The number of nitro groups is 1. The molecule has 0 radical (unpaired) electrons. The van der Waals surface area contributed by atoms with Crippen LogP contribution in [0.4, 0.5) is 17.4 Å². The highest BCUT2D eigenvalue weighted by atomic mass is 16.6. The number of nitro benzene ring substituents is 1. The number of hydrogen-bond donors (Lipinski definition) is 3. The lowest BCUT2D eigenvalue weighted by atomic mass is 10.1. The van der Waals surface area contributed by atoms with Gasteiger partial charge in [0.2, 0.25) is 5.89 Å². The second kappa shape index (κ2) is 5.32. The Morgan fingerprint density at radius 3 is 2.75 bits per heavy atom. The largest absolute Gasteiger partial charge is 0.408 e. The molecule has 2 aromatic rings. The van der Waals surface area contributed by atoms with Gasteiger partial charge in [-0.05, 0) is 12.1 Å². The van der Waals surface area contributed by atoms with E-state index in [1.807, 2.05) is 0 Å². The van der Waals surface area contributed by atoms with E-state index in [-0.39, 0.29) is 23.0 Å². The number of nitrogen functional groups attached to an aromatic ring is 1. The molecule has 1 aromatic heterocycles. The van der Waals surface area contributed by atoms with E-state index in [0.717, 1.165) is 0 Å². The minimum atomic E-state index is -0.613. The molecule has 1 amide bonds. The number of nitrogens with two attached hydrogens (primary N) is 1. The zero-order valence-electron chi connectivity index (χ0n) is 10.3. The number of aromatic nitrogens is 2. The molecule has 1 aromatic carbocycles. The maximum atomic E-state index is 11.9. The molecule has 1 heterocycles. The standard InChI is InChI=1S/C10H10N6O4/c1-5-14-15-10(20-5)12-9(17)6-2-3-8(16(18)19)7(4-6)13-11/h2-4,13H,11H2,1H3,(H,12,15,17). The van der Waals surface area contributed by atoms with E-state index in [4.69, 9.17) is 10.3 Å². The third-order valence-electron chi connectivity index (χ3n) is 2.36. The van der Waals surface area contributed by atoms with E-state index in [1.165, 1.54) is 18.2 Å². The van der Waals surface area contributed by atoms with Gasteiger partial charge in [-0.25, -0.2) is 0 Å². The van der Waals surface area contributed by atoms with Crippen LogP contribution in [0.2, 0.25) is 0 Å². The number of rotatable bonds is 4. The van der Waals surface area contributed by atoms with Crippen molar-refractivity contribution in [3.8, 4) is 0 Å². The van der Waals surface area contributed by atoms with Crippen molar-refractivity contribution in [2.24, 2.45) is 5.84 Å². The molecule has 2 rings (SSSR count). The molecule has 0 fully saturated rings. The van der Waals surface area contributed by atoms with Crippen LogP contribution in [-0.4, -0.2) is 21.0 Å². The van der Waals surface area contributed by atoms with E-state index in [9.17, 15) is 14.9 Å². The van der Waals surface area contributed by atoms with Gasteiger partial charge >= 0.3 is 6.01 Å². The zero-order chi connectivity index (χ0) is 14.7. The molecule has 0 aliphatic rings. The molecule has 0 bridgehead atoms. The molecule has 20 heavy (non-hydrogen) atoms. The van der Waals surface area contributed by atoms with Crippen molar-refractivity contribution in [2.45, 2.75) is 6.92 Å². The average Bonchev–Trinajstić information content (AvgIpc) is 2.83. The van der Waals surface area contributed by atoms with Crippen LogP contribution in [0.1, 0.15) is 16.2 Å². The van der Waals surface area contributed by atoms with Gasteiger partial charge in [-0.15, -0.1) is 5.10 Å². The van der Waals surface area contributed by atoms with Gasteiger partial charge < -0.3 is 9.84 Å². The Morgan fingerprint density at radius 1 is 1.45 bits per heavy atom. The van der Waals surface area contributed by atoms with Crippen molar-refractivity contribution in [3.05, 3.63) is 39.8 Å². The smallest absolute Gasteiger partial charge is 0.322 e. The first-order valence-corrected chi connectivity index (χ1v) is 5.38. The van der Waals surface area contributed by atoms with Gasteiger partial charge in [-0.1, -0.05) is 5.10 Å². The number of carbonyl (C=O) groups excluding carboxylic acids is 1. The lowest BCUT2D eigenvalue weighted by molar-refractivity contribution is -0.384. The van der Waals surface area contributed by atoms with Crippen molar-refractivity contribution in [1.29, 1.82) is 0 Å². The second-order valence-corrected chi connectivity index (χ2v) is 3.71. The Hall–Kier alpha value is -3.01. The number of amides is 1. The number of benzene rings is 1. The summed E-state index contributed by atoms with van der Waals surface area (Å²) in [5.74, 6) is 4.93. The number of nitrogens with one attached hydrogen (secondary N) is 2. The highest BCUT2D eigenvalue weighted by Crippen LogP contribution is 2.24. The number of anilines is 2. The van der Waals surface area contributed by atoms with Crippen molar-refractivity contribution in [1.82, 2.24) is 10.2 Å². The molecule has 0 unspecified atom stereocenters. The molecular weight excluding hydrogens is 268 g/mol. The van der Waals surface area contributed by atoms with Crippen LogP contribution in [0.25, 0.3) is 0 Å². The van der Waals surface area contributed by atoms with Gasteiger partial charge in [0, 0.05) is 18.6 Å². The third kappa shape index (κ3) is 2.70. The van der Waals surface area contributed by atoms with E-state index in [2.05, 4.69) is 20.9 Å². The molecule has 0 saturated heterocycles. The molecule has 0 spiro atoms. The summed E-state index contributed by atoms with van der Waals surface area (Å²) in [6.07, 6.45) is 0. The SMILES string of the molecule is Cc1nnc(NC(=O)c2ccc([N+](=O)[O-])c(NN)c2)o1. The molecule has 10 nitrogen and oxygen atoms in total. The molecule has 104 valence electrons. The lowest BCUT2D eigenvalue weighted by Gasteiger charge is -2.05. The summed E-state index contributed by atoms with van der Waals surface area (Å²) >= 11 is 0. The summed E-state index contributed by atoms with van der Waals surface area (Å²) in [6.45, 7) is 1.57. The molecule has 0 saturated carbocycles. The number of hydrazine groups is 1. The number of carbonyl (C=O) groups is 1. The quantitative estimate of drug-likeness (QED) is 0.422. The fourth-order valence-electron chi connectivity index (χ4n) is 1.47. The number of nitrogens with zero attached hydrogens (tertiary/aromatic N) is 3. The summed E-state index contributed by atoms with van der Waals surface area (Å²) in [7, 11) is 0. The van der Waals surface area contributed by atoms with Gasteiger partial charge in [-0.2, -0.15) is 0 Å². The Kier molecular flexibility index (Phi) is 3.57. The van der Waals surface area contributed by atoms with Crippen molar-refractivity contribution in [2.75, 3.05) is 10.7 Å². The lowest BCUT2D eigenvalue weighted by Crippen LogP contribution is -2.14. The summed E-state index contributed by atoms with van der Waals surface area (Å²) < 4.78 is 4.99. The van der Waals surface area contributed by atoms with Crippen LogP contribution in [0.15, 0.2) is 22.6 Å². The maximum Gasteiger partial charge on any atom is 0.322 e. The first-order valence-electron chi connectivity index (χ1n) is 5.38. The summed E-state index contributed by atoms with van der Waals surface area (Å²) in [6, 6.07) is 3.64. The van der Waals surface area contributed by atoms with Crippen LogP contribution in [-0.2, 0) is 0 Å². The molecule has 0 aliphatic carbocycles. The first kappa shape index (κ1) is 13.4. The van der Waals surface area contributed by atoms with Crippen molar-refractivity contribution < 1.29 is 14.1 Å². The Bertz CT molecular complexity index is 668. The molecule has 4 N–H and O–H groups in total. The fraction of sp³-hybridized carbons (Fsp3) is 0.100. The minimum absolute atomic E-state index is 0.0179. The summed E-state index contributed by atoms with van der Waals surface area (Å²) in [4.78, 5) is 22.0. The van der Waals surface area contributed by atoms with Crippen LogP contribution in [0.3, 0.4) is 0 Å². The maximum absolute atomic E-state index is 11.9. The van der Waals surface area contributed by atoms with E-state index < -0.39 is 10.8 Å². The van der Waals surface area contributed by atoms with Crippen LogP contribution in [0.5, 0.6) is 0 Å². The fourth-order valence-corrected chi connectivity index (χ4v) is 1.47. The predicted octanol–water partition coefficient (Wildman–Crippen LogP) is 0.824. The van der Waals surface area contributed by atoms with Crippen LogP contribution in [0, 0.1) is 17.0 Å². The van der Waals surface area contributed by atoms with E-state index >= 15 is 0 Å². The third-order valence-corrected chi connectivity index (χ3v) is 2.36. The van der Waals surface area contributed by atoms with Crippen LogP contribution < -0.4 is 16.6 Å². The topological polar surface area (TPSA) is 149 Å². The van der Waals surface area contributed by atoms with Gasteiger partial charge in [-0.3, -0.25) is 26.1 Å². The van der Waals surface area contributed by atoms with Gasteiger partial charge in [0.1, 0.15) is 5.69 Å². The summed E-state index contributed by atoms with van der Waals surface area (Å²) in [5.41, 5.74) is 2.10. The second-order valence-electron chi connectivity index (χ2n) is 3.71. The monoisotopic (exact) mass is 278 g/mol. The Morgan fingerprint density at radius 2 is 2.20 bits per heavy atom. The van der Waals surface area contributed by atoms with Gasteiger partial charge in [0.25, 0.3) is 11.6 Å². The molecule has 0 aliphatic heterocycles.